The van der Waals surface area contributed by atoms with Crippen LogP contribution in [0.25, 0.3) is 0 Å². The number of hydrogen-bond acceptors (Lipinski definition) is 8. The highest BCUT2D eigenvalue weighted by molar-refractivity contribution is 5.82. The first-order chi connectivity index (χ1) is 20.9. The fourth-order valence-corrected chi connectivity index (χ4v) is 5.66. The second kappa shape index (κ2) is 14.6. The Morgan fingerprint density at radius 1 is 1.07 bits per heavy atom. The summed E-state index contributed by atoms with van der Waals surface area (Å²) in [7, 11) is 3.30. The number of aromatic amines is 1. The van der Waals surface area contributed by atoms with Crippen LogP contribution >= 0.6 is 0 Å². The summed E-state index contributed by atoms with van der Waals surface area (Å²) in [5, 5.41) is 12.2. The third-order valence-corrected chi connectivity index (χ3v) is 7.99. The predicted molar refractivity (Wildman–Crippen MR) is 164 cm³/mol. The monoisotopic (exact) mass is 613 g/mol. The van der Waals surface area contributed by atoms with E-state index in [2.05, 4.69) is 11.1 Å². The van der Waals surface area contributed by atoms with E-state index in [1.165, 1.54) is 17.2 Å². The largest absolute Gasteiger partial charge is 0.491 e. The number of aryl methyl sites for hydroxylation is 1. The summed E-state index contributed by atoms with van der Waals surface area (Å²) in [4.78, 5) is 45.8. The molecule has 1 aromatic heterocycles. The number of piperidine rings is 1. The number of likely N-dealkylation sites (tertiary alicyclic amines) is 1. The molecule has 2 amide bonds. The summed E-state index contributed by atoms with van der Waals surface area (Å²) in [6.07, 6.45) is 4.34. The van der Waals surface area contributed by atoms with Gasteiger partial charge < -0.3 is 38.8 Å². The molecule has 1 saturated heterocycles. The van der Waals surface area contributed by atoms with Crippen LogP contribution in [0.3, 0.4) is 0 Å². The fraction of sp³-hybridized carbons (Fsp3) is 0.606. The Hall–Kier alpha value is -3.41. The highest BCUT2D eigenvalue weighted by Crippen LogP contribution is 2.41. The average molecular weight is 614 g/mol. The zero-order valence-corrected chi connectivity index (χ0v) is 26.6. The number of nitrogens with zero attached hydrogens (tertiary/aromatic N) is 2. The van der Waals surface area contributed by atoms with Crippen molar-refractivity contribution >= 4 is 12.0 Å². The zero-order valence-electron chi connectivity index (χ0n) is 26.6. The number of nitrogens with one attached hydrogen (secondary N) is 1. The zero-order chi connectivity index (χ0) is 31.9. The lowest BCUT2D eigenvalue weighted by Crippen LogP contribution is -2.58. The molecule has 11 heteroatoms. The van der Waals surface area contributed by atoms with Crippen molar-refractivity contribution in [2.24, 2.45) is 5.92 Å². The minimum atomic E-state index is -1.65. The number of benzene rings is 1. The van der Waals surface area contributed by atoms with Gasteiger partial charge in [-0.1, -0.05) is 6.07 Å². The first-order valence-corrected chi connectivity index (χ1v) is 15.4. The van der Waals surface area contributed by atoms with E-state index in [4.69, 9.17) is 18.9 Å². The van der Waals surface area contributed by atoms with E-state index in [-0.39, 0.29) is 37.0 Å². The van der Waals surface area contributed by atoms with E-state index in [1.54, 1.807) is 41.1 Å². The summed E-state index contributed by atoms with van der Waals surface area (Å²) >= 11 is 0. The molecular formula is C33H47N3O8. The number of aliphatic hydroxyl groups is 1. The molecule has 2 aliphatic rings. The van der Waals surface area contributed by atoms with Crippen LogP contribution < -0.4 is 10.3 Å². The number of aromatic nitrogens is 1. The van der Waals surface area contributed by atoms with Crippen molar-refractivity contribution in [1.29, 1.82) is 0 Å². The topological polar surface area (TPSA) is 131 Å². The Morgan fingerprint density at radius 2 is 1.80 bits per heavy atom. The molecule has 0 radical (unpaired) electrons. The standard InChI is InChI=1S/C33H47N3O8/c1-32(2,3)44-31(39)35-13-11-33(40,25-10-12-34-29(37)20-25)28(22-35)30(38)36(26-8-9-26)21-24-17-23(7-6-14-41-4)18-27(19-24)43-16-15-42-5/h10,12,17-20,26,28,40H,6-9,11,13-16,21-22H2,1-5H3,(H,34,37)/t28-,33-/m1/s1. The van der Waals surface area contributed by atoms with Crippen LogP contribution in [0.4, 0.5) is 4.79 Å². The minimum Gasteiger partial charge on any atom is -0.491 e. The van der Waals surface area contributed by atoms with Gasteiger partial charge in [-0.05, 0) is 87.8 Å². The number of carbonyl (C=O) groups excluding carboxylic acids is 2. The van der Waals surface area contributed by atoms with E-state index in [9.17, 15) is 19.5 Å². The highest BCUT2D eigenvalue weighted by atomic mass is 16.6. The maximum atomic E-state index is 14.5. The number of hydrogen-bond donors (Lipinski definition) is 2. The van der Waals surface area contributed by atoms with E-state index in [1.807, 2.05) is 17.0 Å². The Kier molecular flexibility index (Phi) is 11.1. The minimum absolute atomic E-state index is 0.0119. The van der Waals surface area contributed by atoms with Gasteiger partial charge in [-0.15, -0.1) is 0 Å². The number of H-pyrrole nitrogens is 1. The first kappa shape index (κ1) is 33.5. The van der Waals surface area contributed by atoms with E-state index >= 15 is 0 Å². The molecule has 2 fully saturated rings. The second-order valence-electron chi connectivity index (χ2n) is 12.7. The van der Waals surface area contributed by atoms with Crippen molar-refractivity contribution in [2.75, 3.05) is 47.1 Å². The first-order valence-electron chi connectivity index (χ1n) is 15.4. The maximum absolute atomic E-state index is 14.5. The number of amides is 2. The van der Waals surface area contributed by atoms with Gasteiger partial charge in [0.05, 0.1) is 12.5 Å². The summed E-state index contributed by atoms with van der Waals surface area (Å²) in [6.45, 7) is 7.30. The summed E-state index contributed by atoms with van der Waals surface area (Å²) in [6, 6.07) is 8.99. The highest BCUT2D eigenvalue weighted by Gasteiger charge is 2.51. The van der Waals surface area contributed by atoms with Crippen LogP contribution in [0.5, 0.6) is 5.75 Å². The van der Waals surface area contributed by atoms with Crippen molar-refractivity contribution in [3.8, 4) is 5.75 Å². The molecule has 2 atom stereocenters. The van der Waals surface area contributed by atoms with Gasteiger partial charge in [-0.3, -0.25) is 9.59 Å². The van der Waals surface area contributed by atoms with Crippen molar-refractivity contribution in [3.05, 3.63) is 63.6 Å². The Bertz CT molecular complexity index is 1310. The van der Waals surface area contributed by atoms with Gasteiger partial charge in [-0.25, -0.2) is 4.79 Å². The molecule has 1 aliphatic carbocycles. The van der Waals surface area contributed by atoms with Crippen molar-refractivity contribution in [2.45, 2.75) is 76.7 Å². The number of methoxy groups -OCH3 is 2. The summed E-state index contributed by atoms with van der Waals surface area (Å²) < 4.78 is 22.0. The van der Waals surface area contributed by atoms with Crippen molar-refractivity contribution < 1.29 is 33.6 Å². The normalized spacial score (nSPS) is 20.3. The molecule has 0 bridgehead atoms. The van der Waals surface area contributed by atoms with Gasteiger partial charge in [0.25, 0.3) is 0 Å². The van der Waals surface area contributed by atoms with Crippen LogP contribution in [0.2, 0.25) is 0 Å². The molecule has 0 spiro atoms. The molecule has 1 aliphatic heterocycles. The SMILES string of the molecule is COCCCc1cc(CN(C(=O)[C@H]2CN(C(=O)OC(C)(C)C)CC[C@@]2(O)c2cc[nH]c(=O)c2)C2CC2)cc(OCCOC)c1. The number of ether oxygens (including phenoxy) is 4. The van der Waals surface area contributed by atoms with Crippen LogP contribution in [-0.2, 0) is 37.6 Å². The summed E-state index contributed by atoms with van der Waals surface area (Å²) in [5.41, 5.74) is -0.395. The molecule has 1 saturated carbocycles. The average Bonchev–Trinajstić information content (AvgIpc) is 3.81. The molecule has 2 N–H and O–H groups in total. The number of rotatable bonds is 13. The second-order valence-corrected chi connectivity index (χ2v) is 12.7. The van der Waals surface area contributed by atoms with Crippen LogP contribution in [0.1, 0.15) is 63.1 Å². The van der Waals surface area contributed by atoms with Gasteiger partial charge in [0, 0.05) is 58.8 Å². The summed E-state index contributed by atoms with van der Waals surface area (Å²) in [5.74, 6) is -0.576. The molecule has 242 valence electrons. The third kappa shape index (κ3) is 8.83. The van der Waals surface area contributed by atoms with Crippen molar-refractivity contribution in [3.63, 3.8) is 0 Å². The van der Waals surface area contributed by atoms with Gasteiger partial charge in [0.2, 0.25) is 11.5 Å². The fourth-order valence-electron chi connectivity index (χ4n) is 5.66. The lowest BCUT2D eigenvalue weighted by molar-refractivity contribution is -0.155. The van der Waals surface area contributed by atoms with E-state index < -0.39 is 23.2 Å². The maximum Gasteiger partial charge on any atom is 0.410 e. The number of carbonyl (C=O) groups is 2. The Labute approximate surface area is 259 Å². The molecule has 0 unspecified atom stereocenters. The molecule has 44 heavy (non-hydrogen) atoms. The van der Waals surface area contributed by atoms with Gasteiger partial charge in [0.15, 0.2) is 0 Å². The smallest absolute Gasteiger partial charge is 0.410 e. The van der Waals surface area contributed by atoms with Gasteiger partial charge in [-0.2, -0.15) is 0 Å². The Balaban J connectivity index is 1.65. The van der Waals surface area contributed by atoms with Gasteiger partial charge >= 0.3 is 6.09 Å². The molecule has 2 heterocycles. The lowest BCUT2D eigenvalue weighted by atomic mass is 9.75. The van der Waals surface area contributed by atoms with Crippen molar-refractivity contribution in [1.82, 2.24) is 14.8 Å². The molecule has 2 aromatic rings. The number of pyridine rings is 1. The quantitative estimate of drug-likeness (QED) is 0.328. The molecule has 4 rings (SSSR count). The van der Waals surface area contributed by atoms with E-state index in [0.29, 0.717) is 37.7 Å². The lowest BCUT2D eigenvalue weighted by Gasteiger charge is -2.45. The van der Waals surface area contributed by atoms with Crippen LogP contribution in [-0.4, -0.2) is 90.7 Å². The van der Waals surface area contributed by atoms with Gasteiger partial charge in [0.1, 0.15) is 23.6 Å². The molecule has 11 nitrogen and oxygen atoms in total. The predicted octanol–water partition coefficient (Wildman–Crippen LogP) is 3.61. The third-order valence-electron chi connectivity index (χ3n) is 7.99. The van der Waals surface area contributed by atoms with E-state index in [0.717, 1.165) is 36.8 Å². The van der Waals surface area contributed by atoms with Crippen LogP contribution in [0, 0.1) is 5.92 Å². The molecular weight excluding hydrogens is 566 g/mol. The Morgan fingerprint density at radius 3 is 2.45 bits per heavy atom. The van der Waals surface area contributed by atoms with Crippen LogP contribution in [0.15, 0.2) is 41.3 Å². The molecule has 1 aromatic carbocycles.